The van der Waals surface area contributed by atoms with Gasteiger partial charge in [-0.25, -0.2) is 8.78 Å². The van der Waals surface area contributed by atoms with E-state index in [1.165, 1.54) is 31.3 Å². The van der Waals surface area contributed by atoms with Gasteiger partial charge in [0.15, 0.2) is 0 Å². The van der Waals surface area contributed by atoms with Gasteiger partial charge in [0.05, 0.1) is 0 Å². The van der Waals surface area contributed by atoms with Crippen LogP contribution in [-0.2, 0) is 4.79 Å². The first-order valence-corrected chi connectivity index (χ1v) is 8.79. The molecule has 140 valence electrons. The van der Waals surface area contributed by atoms with E-state index >= 15 is 0 Å². The standard InChI is InChI=1S/C19H18ClF2NO.C2H6/c1-10(11(2)19(24)23-4)16-8-14(21)9-17(12(16)3)15-6-5-13(20)7-18(15)22;1-2/h5-9H,1-4H3,(H,23,24);1-2H3/b11-10+;. The molecule has 0 aromatic heterocycles. The Kier molecular flexibility index (Phi) is 7.97. The zero-order chi connectivity index (χ0) is 20.0. The smallest absolute Gasteiger partial charge is 0.246 e. The minimum Gasteiger partial charge on any atom is -0.355 e. The van der Waals surface area contributed by atoms with Gasteiger partial charge in [0, 0.05) is 23.2 Å². The summed E-state index contributed by atoms with van der Waals surface area (Å²) in [4.78, 5) is 11.8. The maximum absolute atomic E-state index is 14.2. The molecule has 0 fully saturated rings. The Labute approximate surface area is 158 Å². The first kappa shape index (κ1) is 21.8. The number of hydrogen-bond acceptors (Lipinski definition) is 1. The summed E-state index contributed by atoms with van der Waals surface area (Å²) in [6, 6.07) is 6.91. The lowest BCUT2D eigenvalue weighted by Gasteiger charge is -2.15. The summed E-state index contributed by atoms with van der Waals surface area (Å²) in [5, 5.41) is 2.82. The van der Waals surface area contributed by atoms with Crippen molar-refractivity contribution in [2.75, 3.05) is 7.05 Å². The lowest BCUT2D eigenvalue weighted by Crippen LogP contribution is -2.19. The molecule has 0 heterocycles. The molecular weight excluding hydrogens is 356 g/mol. The molecule has 0 bridgehead atoms. The minimum atomic E-state index is -0.521. The maximum Gasteiger partial charge on any atom is 0.246 e. The number of benzene rings is 2. The van der Waals surface area contributed by atoms with Crippen LogP contribution in [0.25, 0.3) is 16.7 Å². The molecule has 0 aliphatic carbocycles. The zero-order valence-corrected chi connectivity index (χ0v) is 16.7. The maximum atomic E-state index is 14.2. The van der Waals surface area contributed by atoms with E-state index in [9.17, 15) is 13.6 Å². The van der Waals surface area contributed by atoms with E-state index in [0.717, 1.165) is 0 Å². The van der Waals surface area contributed by atoms with Gasteiger partial charge in [0.1, 0.15) is 11.6 Å². The number of likely N-dealkylation sites (N-methyl/N-ethyl adjacent to an activating group) is 1. The van der Waals surface area contributed by atoms with Crippen LogP contribution in [0.3, 0.4) is 0 Å². The Hall–Kier alpha value is -2.20. The molecule has 2 aromatic carbocycles. The number of nitrogens with one attached hydrogen (secondary N) is 1. The van der Waals surface area contributed by atoms with Gasteiger partial charge in [0.2, 0.25) is 5.91 Å². The van der Waals surface area contributed by atoms with E-state index in [1.54, 1.807) is 26.8 Å². The van der Waals surface area contributed by atoms with Gasteiger partial charge < -0.3 is 5.32 Å². The van der Waals surface area contributed by atoms with Crippen LogP contribution < -0.4 is 5.32 Å². The molecule has 2 rings (SSSR count). The molecule has 5 heteroatoms. The second-order valence-electron chi connectivity index (χ2n) is 5.58. The monoisotopic (exact) mass is 379 g/mol. The Morgan fingerprint density at radius 1 is 1.04 bits per heavy atom. The molecule has 2 aromatic rings. The summed E-state index contributed by atoms with van der Waals surface area (Å²) < 4.78 is 28.4. The number of allylic oxidation sites excluding steroid dienone is 1. The van der Waals surface area contributed by atoms with Crippen LogP contribution in [0.15, 0.2) is 35.9 Å². The average Bonchev–Trinajstić information content (AvgIpc) is 2.63. The first-order valence-electron chi connectivity index (χ1n) is 8.41. The minimum absolute atomic E-state index is 0.240. The highest BCUT2D eigenvalue weighted by Gasteiger charge is 2.16. The molecule has 0 saturated heterocycles. The van der Waals surface area contributed by atoms with Crippen molar-refractivity contribution in [2.45, 2.75) is 34.6 Å². The van der Waals surface area contributed by atoms with Crippen LogP contribution in [0.4, 0.5) is 8.78 Å². The molecule has 26 heavy (non-hydrogen) atoms. The van der Waals surface area contributed by atoms with E-state index in [0.29, 0.717) is 27.8 Å². The normalized spacial score (nSPS) is 11.3. The van der Waals surface area contributed by atoms with Gasteiger partial charge in [-0.3, -0.25) is 4.79 Å². The van der Waals surface area contributed by atoms with Gasteiger partial charge in [0.25, 0.3) is 0 Å². The fraction of sp³-hybridized carbons (Fsp3) is 0.286. The molecule has 0 saturated carbocycles. The number of amides is 1. The molecule has 1 amide bonds. The van der Waals surface area contributed by atoms with E-state index in [1.807, 2.05) is 13.8 Å². The fourth-order valence-electron chi connectivity index (χ4n) is 2.62. The third-order valence-electron chi connectivity index (χ3n) is 4.13. The van der Waals surface area contributed by atoms with Gasteiger partial charge in [-0.05, 0) is 73.4 Å². The third kappa shape index (κ3) is 4.70. The number of carbonyl (C=O) groups is 1. The molecule has 2 nitrogen and oxygen atoms in total. The van der Waals surface area contributed by atoms with Gasteiger partial charge in [-0.2, -0.15) is 0 Å². The topological polar surface area (TPSA) is 29.1 Å². The van der Waals surface area contributed by atoms with E-state index < -0.39 is 11.6 Å². The molecule has 0 spiro atoms. The SMILES string of the molecule is CC.CNC(=O)/C(C)=C(\C)c1cc(F)cc(-c2ccc(Cl)cc2F)c1C. The van der Waals surface area contributed by atoms with Crippen molar-refractivity contribution >= 4 is 23.1 Å². The van der Waals surface area contributed by atoms with Crippen molar-refractivity contribution in [1.29, 1.82) is 0 Å². The van der Waals surface area contributed by atoms with Crippen molar-refractivity contribution in [3.05, 3.63) is 63.7 Å². The highest BCUT2D eigenvalue weighted by atomic mass is 35.5. The van der Waals surface area contributed by atoms with Crippen LogP contribution in [0.1, 0.15) is 38.8 Å². The van der Waals surface area contributed by atoms with E-state index in [-0.39, 0.29) is 16.5 Å². The Bertz CT molecular complexity index is 844. The number of rotatable bonds is 3. The zero-order valence-electron chi connectivity index (χ0n) is 15.9. The summed E-state index contributed by atoms with van der Waals surface area (Å²) in [5.41, 5.74) is 3.08. The van der Waals surface area contributed by atoms with Gasteiger partial charge in [-0.1, -0.05) is 25.4 Å². The highest BCUT2D eigenvalue weighted by Crippen LogP contribution is 2.34. The molecule has 0 atom stereocenters. The number of halogens is 3. The Morgan fingerprint density at radius 3 is 2.19 bits per heavy atom. The van der Waals surface area contributed by atoms with Crippen molar-refractivity contribution in [1.82, 2.24) is 5.32 Å². The first-order chi connectivity index (χ1) is 12.3. The summed E-state index contributed by atoms with van der Waals surface area (Å²) in [7, 11) is 1.53. The Morgan fingerprint density at radius 2 is 1.65 bits per heavy atom. The van der Waals surface area contributed by atoms with E-state index in [4.69, 9.17) is 11.6 Å². The summed E-state index contributed by atoms with van der Waals surface area (Å²) in [5.74, 6) is -1.26. The number of hydrogen-bond donors (Lipinski definition) is 1. The second kappa shape index (κ2) is 9.48. The van der Waals surface area contributed by atoms with Crippen molar-refractivity contribution in [3.8, 4) is 11.1 Å². The van der Waals surface area contributed by atoms with Gasteiger partial charge >= 0.3 is 0 Å². The van der Waals surface area contributed by atoms with Crippen LogP contribution in [0, 0.1) is 18.6 Å². The predicted molar refractivity (Wildman–Crippen MR) is 105 cm³/mol. The molecular formula is C21H24ClF2NO. The molecule has 0 aliphatic heterocycles. The highest BCUT2D eigenvalue weighted by molar-refractivity contribution is 6.30. The lowest BCUT2D eigenvalue weighted by atomic mass is 9.91. The van der Waals surface area contributed by atoms with Gasteiger partial charge in [-0.15, -0.1) is 0 Å². The van der Waals surface area contributed by atoms with Crippen molar-refractivity contribution in [3.63, 3.8) is 0 Å². The summed E-state index contributed by atoms with van der Waals surface area (Å²) in [6.07, 6.45) is 0. The molecule has 0 unspecified atom stereocenters. The van der Waals surface area contributed by atoms with Crippen LogP contribution in [0.2, 0.25) is 5.02 Å². The third-order valence-corrected chi connectivity index (χ3v) is 4.36. The lowest BCUT2D eigenvalue weighted by molar-refractivity contribution is -0.116. The van der Waals surface area contributed by atoms with Crippen LogP contribution in [-0.4, -0.2) is 13.0 Å². The molecule has 1 N–H and O–H groups in total. The molecule has 0 radical (unpaired) electrons. The van der Waals surface area contributed by atoms with Crippen molar-refractivity contribution in [2.24, 2.45) is 0 Å². The summed E-state index contributed by atoms with van der Waals surface area (Å²) >= 11 is 5.78. The summed E-state index contributed by atoms with van der Waals surface area (Å²) in [6.45, 7) is 9.19. The largest absolute Gasteiger partial charge is 0.355 e. The quantitative estimate of drug-likeness (QED) is 0.636. The van der Waals surface area contributed by atoms with Crippen LogP contribution in [0.5, 0.6) is 0 Å². The van der Waals surface area contributed by atoms with Crippen molar-refractivity contribution < 1.29 is 13.6 Å². The number of carbonyl (C=O) groups excluding carboxylic acids is 1. The predicted octanol–water partition coefficient (Wildman–Crippen LogP) is 6.16. The second-order valence-corrected chi connectivity index (χ2v) is 6.02. The Balaban J connectivity index is 0.00000163. The molecule has 0 aliphatic rings. The van der Waals surface area contributed by atoms with Crippen LogP contribution >= 0.6 is 11.6 Å². The van der Waals surface area contributed by atoms with E-state index in [2.05, 4.69) is 5.32 Å². The average molecular weight is 380 g/mol. The fourth-order valence-corrected chi connectivity index (χ4v) is 2.77.